The summed E-state index contributed by atoms with van der Waals surface area (Å²) in [6.45, 7) is 0. The highest BCUT2D eigenvalue weighted by molar-refractivity contribution is 5.91. The van der Waals surface area contributed by atoms with E-state index in [-0.39, 0.29) is 23.7 Å². The van der Waals surface area contributed by atoms with Crippen LogP contribution < -0.4 is 15.5 Å². The van der Waals surface area contributed by atoms with E-state index < -0.39 is 4.92 Å². The number of carbonyl (C=O) groups excluding carboxylic acids is 1. The summed E-state index contributed by atoms with van der Waals surface area (Å²) >= 11 is 0. The third-order valence-electron chi connectivity index (χ3n) is 5.04. The zero-order valence-electron chi connectivity index (χ0n) is 17.1. The number of nitrogens with one attached hydrogen (secondary N) is 2. The van der Waals surface area contributed by atoms with Crippen LogP contribution in [0, 0.1) is 10.1 Å². The summed E-state index contributed by atoms with van der Waals surface area (Å²) in [7, 11) is 3.88. The Bertz CT molecular complexity index is 905. The first-order chi connectivity index (χ1) is 14.4. The molecule has 30 heavy (non-hydrogen) atoms. The Morgan fingerprint density at radius 3 is 2.43 bits per heavy atom. The number of nitro benzene ring substituents is 1. The van der Waals surface area contributed by atoms with E-state index in [9.17, 15) is 14.9 Å². The quantitative estimate of drug-likeness (QED) is 0.410. The van der Waals surface area contributed by atoms with Crippen molar-refractivity contribution in [2.45, 2.75) is 37.8 Å². The van der Waals surface area contributed by atoms with E-state index in [4.69, 9.17) is 0 Å². The second-order valence-corrected chi connectivity index (χ2v) is 7.52. The molecule has 1 fully saturated rings. The highest BCUT2D eigenvalue weighted by Gasteiger charge is 2.22. The van der Waals surface area contributed by atoms with Crippen molar-refractivity contribution in [3.63, 3.8) is 0 Å². The molecular formula is C21H26N6O3. The van der Waals surface area contributed by atoms with Crippen LogP contribution in [0.5, 0.6) is 0 Å². The number of nitrogens with zero attached hydrogens (tertiary/aromatic N) is 4. The number of nitro groups is 1. The van der Waals surface area contributed by atoms with Crippen molar-refractivity contribution < 1.29 is 9.72 Å². The molecule has 1 heterocycles. The van der Waals surface area contributed by atoms with Gasteiger partial charge in [0.2, 0.25) is 11.9 Å². The first-order valence-corrected chi connectivity index (χ1v) is 9.90. The third-order valence-corrected chi connectivity index (χ3v) is 5.04. The fraction of sp³-hybridized carbons (Fsp3) is 0.381. The maximum atomic E-state index is 12.2. The van der Waals surface area contributed by atoms with Gasteiger partial charge in [-0.25, -0.2) is 4.98 Å². The van der Waals surface area contributed by atoms with Crippen LogP contribution in [-0.4, -0.2) is 47.0 Å². The smallest absolute Gasteiger partial charge is 0.269 e. The summed E-state index contributed by atoms with van der Waals surface area (Å²) in [5.74, 6) is 1.32. The molecule has 9 nitrogen and oxygen atoms in total. The standard InChI is InChI=1S/C21H26N6O3/c1-26(2)19-13-14-22-21(25-19)24-17-8-6-16(7-9-17)23-20(28)12-5-15-3-10-18(11-4-15)27(29)30/h3-5,10-14,16-17H,6-9H2,1-2H3,(H,23,28)(H,22,24,25)/b12-5+/t16-,17+. The number of benzene rings is 1. The molecule has 9 heteroatoms. The van der Waals surface area contributed by atoms with Crippen molar-refractivity contribution in [2.75, 3.05) is 24.3 Å². The molecule has 1 aromatic carbocycles. The normalized spacial score (nSPS) is 18.7. The van der Waals surface area contributed by atoms with Gasteiger partial charge in [-0.15, -0.1) is 0 Å². The Hall–Kier alpha value is -3.49. The predicted octanol–water partition coefficient (Wildman–Crippen LogP) is 3.00. The van der Waals surface area contributed by atoms with Gasteiger partial charge >= 0.3 is 0 Å². The van der Waals surface area contributed by atoms with Crippen LogP contribution in [0.4, 0.5) is 17.5 Å². The maximum Gasteiger partial charge on any atom is 0.269 e. The van der Waals surface area contributed by atoms with Gasteiger partial charge in [-0.2, -0.15) is 4.98 Å². The third kappa shape index (κ3) is 6.00. The van der Waals surface area contributed by atoms with Crippen molar-refractivity contribution in [3.8, 4) is 0 Å². The van der Waals surface area contributed by atoms with E-state index in [1.165, 1.54) is 18.2 Å². The zero-order chi connectivity index (χ0) is 21.5. The minimum absolute atomic E-state index is 0.0285. The topological polar surface area (TPSA) is 113 Å². The molecule has 3 rings (SSSR count). The van der Waals surface area contributed by atoms with E-state index in [2.05, 4.69) is 20.6 Å². The average Bonchev–Trinajstić information content (AvgIpc) is 2.74. The first kappa shape index (κ1) is 21.2. The summed E-state index contributed by atoms with van der Waals surface area (Å²) in [5, 5.41) is 17.1. The van der Waals surface area contributed by atoms with Gasteiger partial charge in [0.15, 0.2) is 0 Å². The van der Waals surface area contributed by atoms with E-state index in [1.54, 1.807) is 24.4 Å². The van der Waals surface area contributed by atoms with Gasteiger partial charge in [0.25, 0.3) is 5.69 Å². The molecule has 0 saturated heterocycles. The molecule has 158 valence electrons. The molecule has 1 saturated carbocycles. The van der Waals surface area contributed by atoms with Gasteiger partial charge in [0.1, 0.15) is 5.82 Å². The lowest BCUT2D eigenvalue weighted by Gasteiger charge is -2.29. The summed E-state index contributed by atoms with van der Waals surface area (Å²) in [6, 6.07) is 8.35. The minimum Gasteiger partial charge on any atom is -0.363 e. The summed E-state index contributed by atoms with van der Waals surface area (Å²) in [4.78, 5) is 33.1. The van der Waals surface area contributed by atoms with E-state index >= 15 is 0 Å². The van der Waals surface area contributed by atoms with Crippen LogP contribution in [-0.2, 0) is 4.79 Å². The first-order valence-electron chi connectivity index (χ1n) is 9.90. The molecular weight excluding hydrogens is 384 g/mol. The Morgan fingerprint density at radius 1 is 1.13 bits per heavy atom. The lowest BCUT2D eigenvalue weighted by molar-refractivity contribution is -0.384. The van der Waals surface area contributed by atoms with Crippen molar-refractivity contribution in [1.29, 1.82) is 0 Å². The number of amides is 1. The Morgan fingerprint density at radius 2 is 1.80 bits per heavy atom. The maximum absolute atomic E-state index is 12.2. The average molecular weight is 410 g/mol. The molecule has 0 bridgehead atoms. The second kappa shape index (κ2) is 9.82. The molecule has 0 aliphatic heterocycles. The largest absolute Gasteiger partial charge is 0.363 e. The van der Waals surface area contributed by atoms with Gasteiger partial charge in [0, 0.05) is 50.6 Å². The molecule has 2 N–H and O–H groups in total. The number of non-ortho nitro benzene ring substituents is 1. The van der Waals surface area contributed by atoms with Gasteiger partial charge in [0.05, 0.1) is 4.92 Å². The van der Waals surface area contributed by atoms with Crippen LogP contribution in [0.25, 0.3) is 6.08 Å². The summed E-state index contributed by atoms with van der Waals surface area (Å²) in [5.41, 5.74) is 0.768. The van der Waals surface area contributed by atoms with Gasteiger partial charge in [-0.05, 0) is 55.5 Å². The summed E-state index contributed by atoms with van der Waals surface area (Å²) < 4.78 is 0. The molecule has 1 amide bonds. The van der Waals surface area contributed by atoms with Gasteiger partial charge in [-0.3, -0.25) is 14.9 Å². The van der Waals surface area contributed by atoms with Gasteiger partial charge in [-0.1, -0.05) is 0 Å². The Kier molecular flexibility index (Phi) is 6.95. The lowest BCUT2D eigenvalue weighted by atomic mass is 9.91. The monoisotopic (exact) mass is 410 g/mol. The second-order valence-electron chi connectivity index (χ2n) is 7.52. The van der Waals surface area contributed by atoms with Gasteiger partial charge < -0.3 is 15.5 Å². The summed E-state index contributed by atoms with van der Waals surface area (Å²) in [6.07, 6.45) is 8.46. The fourth-order valence-electron chi connectivity index (χ4n) is 3.36. The molecule has 1 aromatic heterocycles. The molecule has 0 unspecified atom stereocenters. The molecule has 0 radical (unpaired) electrons. The zero-order valence-corrected chi connectivity index (χ0v) is 17.1. The highest BCUT2D eigenvalue weighted by Crippen LogP contribution is 2.22. The van der Waals surface area contributed by atoms with Crippen molar-refractivity contribution in [2.24, 2.45) is 0 Å². The van der Waals surface area contributed by atoms with E-state index in [1.807, 2.05) is 25.1 Å². The van der Waals surface area contributed by atoms with Crippen molar-refractivity contribution in [1.82, 2.24) is 15.3 Å². The lowest BCUT2D eigenvalue weighted by Crippen LogP contribution is -2.39. The Labute approximate surface area is 175 Å². The van der Waals surface area contributed by atoms with E-state index in [0.717, 1.165) is 37.1 Å². The minimum atomic E-state index is -0.448. The molecule has 0 spiro atoms. The highest BCUT2D eigenvalue weighted by atomic mass is 16.6. The SMILES string of the molecule is CN(C)c1ccnc(N[C@H]2CC[C@@H](NC(=O)/C=C/c3ccc([N+](=O)[O-])cc3)CC2)n1. The van der Waals surface area contributed by atoms with Crippen LogP contribution in [0.1, 0.15) is 31.2 Å². The van der Waals surface area contributed by atoms with Crippen LogP contribution in [0.15, 0.2) is 42.6 Å². The van der Waals surface area contributed by atoms with Crippen LogP contribution in [0.3, 0.4) is 0 Å². The number of anilines is 2. The van der Waals surface area contributed by atoms with Crippen LogP contribution >= 0.6 is 0 Å². The number of hydrogen-bond acceptors (Lipinski definition) is 7. The molecule has 1 aliphatic rings. The molecule has 1 aliphatic carbocycles. The van der Waals surface area contributed by atoms with Crippen molar-refractivity contribution in [3.05, 3.63) is 58.3 Å². The Balaban J connectivity index is 1.44. The van der Waals surface area contributed by atoms with Crippen LogP contribution in [0.2, 0.25) is 0 Å². The fourth-order valence-corrected chi connectivity index (χ4v) is 3.36. The number of aromatic nitrogens is 2. The molecule has 0 atom stereocenters. The van der Waals surface area contributed by atoms with E-state index in [0.29, 0.717) is 5.95 Å². The molecule has 2 aromatic rings. The number of carbonyl (C=O) groups is 1. The number of hydrogen-bond donors (Lipinski definition) is 2. The predicted molar refractivity (Wildman–Crippen MR) is 116 cm³/mol. The number of rotatable bonds is 7. The van der Waals surface area contributed by atoms with Crippen molar-refractivity contribution >= 4 is 29.4 Å².